The molecule has 0 aromatic rings. The largest absolute Gasteiger partial charge is 0.384 e. The number of methoxy groups -OCH3 is 1. The van der Waals surface area contributed by atoms with Crippen LogP contribution in [-0.2, 0) is 4.74 Å². The van der Waals surface area contributed by atoms with E-state index >= 15 is 0 Å². The van der Waals surface area contributed by atoms with Crippen LogP contribution < -0.4 is 0 Å². The highest BCUT2D eigenvalue weighted by atomic mass is 16.5. The lowest BCUT2D eigenvalue weighted by molar-refractivity contribution is 0.0958. The minimum absolute atomic E-state index is 0.729. The first-order valence-electron chi connectivity index (χ1n) is 6.19. The van der Waals surface area contributed by atoms with Crippen molar-refractivity contribution in [3.63, 3.8) is 0 Å². The number of likely N-dealkylation sites (tertiary alicyclic amines) is 1. The maximum atomic E-state index is 5.24. The van der Waals surface area contributed by atoms with Crippen LogP contribution in [0, 0.1) is 5.92 Å². The summed E-state index contributed by atoms with van der Waals surface area (Å²) in [7, 11) is 5.99. The second-order valence-electron chi connectivity index (χ2n) is 4.96. The first-order valence-corrected chi connectivity index (χ1v) is 6.19. The highest BCUT2D eigenvalue weighted by molar-refractivity contribution is 4.97. The zero-order chi connectivity index (χ0) is 12.0. The predicted octanol–water partition coefficient (Wildman–Crippen LogP) is 1.81. The molecule has 0 radical (unpaired) electrons. The summed E-state index contributed by atoms with van der Waals surface area (Å²) in [6.07, 6.45) is 4.94. The monoisotopic (exact) mass is 226 g/mol. The van der Waals surface area contributed by atoms with Gasteiger partial charge in [-0.25, -0.2) is 0 Å². The standard InChI is InChI=1S/C13H26N2O/c1-12(14(2)3)7-9-15-8-5-6-13(10-15)11-16-4/h7,13H,5-6,8-11H2,1-4H3/b12-7+/t13-/m0/s1. The van der Waals surface area contributed by atoms with E-state index in [1.165, 1.54) is 31.6 Å². The molecular weight excluding hydrogens is 200 g/mol. The van der Waals surface area contributed by atoms with Crippen LogP contribution in [0.5, 0.6) is 0 Å². The third kappa shape index (κ3) is 4.54. The normalized spacial score (nSPS) is 23.5. The molecule has 1 rings (SSSR count). The van der Waals surface area contributed by atoms with Gasteiger partial charge in [0.05, 0.1) is 6.61 Å². The van der Waals surface area contributed by atoms with Crippen LogP contribution in [0.25, 0.3) is 0 Å². The molecule has 1 fully saturated rings. The Morgan fingerprint density at radius 1 is 1.50 bits per heavy atom. The summed E-state index contributed by atoms with van der Waals surface area (Å²) in [6, 6.07) is 0. The zero-order valence-electron chi connectivity index (χ0n) is 11.2. The van der Waals surface area contributed by atoms with Crippen molar-refractivity contribution in [3.8, 4) is 0 Å². The SMILES string of the molecule is COC[C@H]1CCCN(C/C=C(\C)N(C)C)C1. The van der Waals surface area contributed by atoms with Crippen molar-refractivity contribution < 1.29 is 4.74 Å². The summed E-state index contributed by atoms with van der Waals surface area (Å²) in [4.78, 5) is 4.69. The minimum Gasteiger partial charge on any atom is -0.384 e. The van der Waals surface area contributed by atoms with Gasteiger partial charge in [-0.15, -0.1) is 0 Å². The van der Waals surface area contributed by atoms with Crippen LogP contribution in [0.4, 0.5) is 0 Å². The number of hydrogen-bond acceptors (Lipinski definition) is 3. The van der Waals surface area contributed by atoms with Gasteiger partial charge in [0.1, 0.15) is 0 Å². The van der Waals surface area contributed by atoms with E-state index in [0.717, 1.165) is 19.1 Å². The second-order valence-corrected chi connectivity index (χ2v) is 4.96. The van der Waals surface area contributed by atoms with E-state index in [1.807, 2.05) is 0 Å². The highest BCUT2D eigenvalue weighted by Crippen LogP contribution is 2.16. The van der Waals surface area contributed by atoms with E-state index in [-0.39, 0.29) is 0 Å². The van der Waals surface area contributed by atoms with Crippen LogP contribution in [0.1, 0.15) is 19.8 Å². The molecule has 0 bridgehead atoms. The van der Waals surface area contributed by atoms with Crippen molar-refractivity contribution in [2.24, 2.45) is 5.92 Å². The van der Waals surface area contributed by atoms with Gasteiger partial charge in [0.25, 0.3) is 0 Å². The van der Waals surface area contributed by atoms with Gasteiger partial charge in [0.15, 0.2) is 0 Å². The summed E-state index contributed by atoms with van der Waals surface area (Å²) in [6.45, 7) is 6.57. The fraction of sp³-hybridized carbons (Fsp3) is 0.846. The molecule has 0 unspecified atom stereocenters. The lowest BCUT2D eigenvalue weighted by atomic mass is 9.99. The summed E-state index contributed by atoms with van der Waals surface area (Å²) in [5.41, 5.74) is 1.34. The molecule has 0 aromatic heterocycles. The van der Waals surface area contributed by atoms with E-state index in [0.29, 0.717) is 0 Å². The van der Waals surface area contributed by atoms with Crippen molar-refractivity contribution in [2.75, 3.05) is 47.4 Å². The Bertz CT molecular complexity index is 224. The van der Waals surface area contributed by atoms with E-state index in [9.17, 15) is 0 Å². The molecule has 0 aromatic carbocycles. The van der Waals surface area contributed by atoms with Crippen molar-refractivity contribution in [1.82, 2.24) is 9.80 Å². The number of nitrogens with zero attached hydrogens (tertiary/aromatic N) is 2. The van der Waals surface area contributed by atoms with E-state index < -0.39 is 0 Å². The molecule has 1 aliphatic heterocycles. The summed E-state index contributed by atoms with van der Waals surface area (Å²) >= 11 is 0. The molecule has 94 valence electrons. The third-order valence-corrected chi connectivity index (χ3v) is 3.36. The van der Waals surface area contributed by atoms with Gasteiger partial charge < -0.3 is 9.64 Å². The maximum Gasteiger partial charge on any atom is 0.0502 e. The molecule has 1 saturated heterocycles. The maximum absolute atomic E-state index is 5.24. The fourth-order valence-corrected chi connectivity index (χ4v) is 2.13. The van der Waals surface area contributed by atoms with Gasteiger partial charge in [-0.1, -0.05) is 6.08 Å². The van der Waals surface area contributed by atoms with Gasteiger partial charge in [0.2, 0.25) is 0 Å². The van der Waals surface area contributed by atoms with Gasteiger partial charge in [-0.3, -0.25) is 4.90 Å². The van der Waals surface area contributed by atoms with Crippen molar-refractivity contribution in [3.05, 3.63) is 11.8 Å². The Balaban J connectivity index is 2.34. The average molecular weight is 226 g/mol. The van der Waals surface area contributed by atoms with E-state index in [4.69, 9.17) is 4.74 Å². The van der Waals surface area contributed by atoms with Crippen molar-refractivity contribution in [1.29, 1.82) is 0 Å². The smallest absolute Gasteiger partial charge is 0.0502 e. The topological polar surface area (TPSA) is 15.7 Å². The summed E-state index contributed by atoms with van der Waals surface area (Å²) < 4.78 is 5.24. The molecule has 0 N–H and O–H groups in total. The molecular formula is C13H26N2O. The first-order chi connectivity index (χ1) is 7.63. The number of ether oxygens (including phenoxy) is 1. The Labute approximate surface area is 100 Å². The number of rotatable bonds is 5. The Kier molecular flexibility index (Phi) is 5.85. The van der Waals surface area contributed by atoms with Crippen LogP contribution in [0.15, 0.2) is 11.8 Å². The molecule has 0 saturated carbocycles. The first kappa shape index (κ1) is 13.5. The molecule has 1 heterocycles. The number of hydrogen-bond donors (Lipinski definition) is 0. The van der Waals surface area contributed by atoms with Crippen LogP contribution in [0.2, 0.25) is 0 Å². The molecule has 0 amide bonds. The second kappa shape index (κ2) is 6.92. The third-order valence-electron chi connectivity index (χ3n) is 3.36. The number of allylic oxidation sites excluding steroid dienone is 1. The molecule has 0 aliphatic carbocycles. The lowest BCUT2D eigenvalue weighted by Gasteiger charge is -2.31. The quantitative estimate of drug-likeness (QED) is 0.711. The lowest BCUT2D eigenvalue weighted by Crippen LogP contribution is -2.37. The summed E-state index contributed by atoms with van der Waals surface area (Å²) in [5.74, 6) is 0.729. The predicted molar refractivity (Wildman–Crippen MR) is 68.5 cm³/mol. The molecule has 3 nitrogen and oxygen atoms in total. The fourth-order valence-electron chi connectivity index (χ4n) is 2.13. The molecule has 3 heteroatoms. The molecule has 16 heavy (non-hydrogen) atoms. The Morgan fingerprint density at radius 2 is 2.25 bits per heavy atom. The van der Waals surface area contributed by atoms with Gasteiger partial charge in [0, 0.05) is 40.0 Å². The van der Waals surface area contributed by atoms with Crippen molar-refractivity contribution in [2.45, 2.75) is 19.8 Å². The van der Waals surface area contributed by atoms with Crippen molar-refractivity contribution >= 4 is 0 Å². The Morgan fingerprint density at radius 3 is 2.88 bits per heavy atom. The average Bonchev–Trinajstić information content (AvgIpc) is 2.26. The van der Waals surface area contributed by atoms with E-state index in [1.54, 1.807) is 7.11 Å². The zero-order valence-corrected chi connectivity index (χ0v) is 11.2. The van der Waals surface area contributed by atoms with Gasteiger partial charge >= 0.3 is 0 Å². The molecule has 0 spiro atoms. The van der Waals surface area contributed by atoms with Crippen LogP contribution in [0.3, 0.4) is 0 Å². The Hall–Kier alpha value is -0.540. The van der Waals surface area contributed by atoms with E-state index in [2.05, 4.69) is 36.9 Å². The van der Waals surface area contributed by atoms with Gasteiger partial charge in [-0.05, 0) is 32.2 Å². The number of piperidine rings is 1. The van der Waals surface area contributed by atoms with Crippen LogP contribution in [-0.4, -0.2) is 57.2 Å². The molecule has 1 atom stereocenters. The minimum atomic E-state index is 0.729. The van der Waals surface area contributed by atoms with Crippen LogP contribution >= 0.6 is 0 Å². The highest BCUT2D eigenvalue weighted by Gasteiger charge is 2.18. The van der Waals surface area contributed by atoms with Gasteiger partial charge in [-0.2, -0.15) is 0 Å². The summed E-state index contributed by atoms with van der Waals surface area (Å²) in [5, 5.41) is 0. The molecule has 1 aliphatic rings.